The molecule has 6 nitrogen and oxygen atoms in total. The number of nitrogens with two attached hydrogens (primary N) is 1. The van der Waals surface area contributed by atoms with Gasteiger partial charge in [-0.05, 0) is 37.6 Å². The Bertz CT molecular complexity index is 813. The van der Waals surface area contributed by atoms with Crippen LogP contribution in [-0.2, 0) is 5.54 Å². The van der Waals surface area contributed by atoms with Gasteiger partial charge >= 0.3 is 0 Å². The van der Waals surface area contributed by atoms with Crippen molar-refractivity contribution in [2.45, 2.75) is 18.9 Å². The van der Waals surface area contributed by atoms with E-state index in [4.69, 9.17) is 5.73 Å². The summed E-state index contributed by atoms with van der Waals surface area (Å²) in [4.78, 5) is 24.8. The van der Waals surface area contributed by atoms with Gasteiger partial charge in [0.25, 0.3) is 5.91 Å². The molecule has 0 saturated heterocycles. The minimum Gasteiger partial charge on any atom is -0.379 e. The lowest BCUT2D eigenvalue weighted by Crippen LogP contribution is -2.29. The van der Waals surface area contributed by atoms with Crippen LogP contribution in [0.4, 0.5) is 10.1 Å². The Morgan fingerprint density at radius 2 is 2.21 bits per heavy atom. The first kappa shape index (κ1) is 16.4. The molecule has 0 saturated carbocycles. The van der Waals surface area contributed by atoms with Crippen LogP contribution >= 0.6 is 11.8 Å². The summed E-state index contributed by atoms with van der Waals surface area (Å²) in [6, 6.07) is 5.99. The summed E-state index contributed by atoms with van der Waals surface area (Å²) in [5.41, 5.74) is 6.24. The molecule has 1 atom stereocenters. The molecule has 0 aromatic carbocycles. The number of pyridine rings is 2. The number of rotatable bonds is 3. The molecule has 0 aliphatic carbocycles. The van der Waals surface area contributed by atoms with E-state index >= 15 is 0 Å². The number of anilines is 1. The van der Waals surface area contributed by atoms with E-state index in [-0.39, 0.29) is 5.69 Å². The Labute approximate surface area is 142 Å². The van der Waals surface area contributed by atoms with Crippen molar-refractivity contribution in [1.29, 1.82) is 0 Å². The summed E-state index contributed by atoms with van der Waals surface area (Å²) < 4.78 is 13.6. The second-order valence-corrected chi connectivity index (χ2v) is 6.66. The predicted octanol–water partition coefficient (Wildman–Crippen LogP) is 2.53. The smallest absolute Gasteiger partial charge is 0.277 e. The zero-order valence-corrected chi connectivity index (χ0v) is 13.8. The van der Waals surface area contributed by atoms with Gasteiger partial charge in [0, 0.05) is 23.8 Å². The van der Waals surface area contributed by atoms with Gasteiger partial charge in [-0.15, -0.1) is 0 Å². The predicted molar refractivity (Wildman–Crippen MR) is 92.4 cm³/mol. The minimum atomic E-state index is -0.669. The summed E-state index contributed by atoms with van der Waals surface area (Å²) in [6.07, 6.45) is 3.74. The van der Waals surface area contributed by atoms with Crippen molar-refractivity contribution < 1.29 is 9.18 Å². The Kier molecular flexibility index (Phi) is 4.48. The normalized spacial score (nSPS) is 20.3. The fourth-order valence-electron chi connectivity index (χ4n) is 2.42. The lowest BCUT2D eigenvalue weighted by atomic mass is 9.94. The summed E-state index contributed by atoms with van der Waals surface area (Å²) in [5, 5.41) is 3.16. The van der Waals surface area contributed by atoms with Gasteiger partial charge in [0.2, 0.25) is 0 Å². The summed E-state index contributed by atoms with van der Waals surface area (Å²) in [7, 11) is 0. The van der Waals surface area contributed by atoms with Gasteiger partial charge in [-0.1, -0.05) is 11.8 Å². The van der Waals surface area contributed by atoms with Crippen molar-refractivity contribution in [2.75, 3.05) is 11.1 Å². The molecule has 8 heteroatoms. The molecule has 1 aliphatic rings. The van der Waals surface area contributed by atoms with Gasteiger partial charge in [0.15, 0.2) is 16.7 Å². The summed E-state index contributed by atoms with van der Waals surface area (Å²) >= 11 is 1.51. The van der Waals surface area contributed by atoms with Crippen LogP contribution in [-0.4, -0.2) is 26.8 Å². The fourth-order valence-corrected chi connectivity index (χ4v) is 3.39. The molecule has 24 heavy (non-hydrogen) atoms. The molecule has 2 aromatic heterocycles. The van der Waals surface area contributed by atoms with Crippen molar-refractivity contribution in [3.8, 4) is 0 Å². The molecule has 0 unspecified atom stereocenters. The average Bonchev–Trinajstić information content (AvgIpc) is 2.55. The van der Waals surface area contributed by atoms with Crippen LogP contribution in [0.3, 0.4) is 0 Å². The monoisotopic (exact) mass is 345 g/mol. The average molecular weight is 345 g/mol. The number of halogens is 1. The third-order valence-electron chi connectivity index (χ3n) is 3.74. The van der Waals surface area contributed by atoms with E-state index < -0.39 is 17.3 Å². The highest BCUT2D eigenvalue weighted by molar-refractivity contribution is 8.13. The van der Waals surface area contributed by atoms with E-state index in [1.807, 2.05) is 6.92 Å². The highest BCUT2D eigenvalue weighted by Gasteiger charge is 2.31. The number of aliphatic imine (C=N–C) groups is 1. The number of hydrogen-bond acceptors (Lipinski definition) is 6. The van der Waals surface area contributed by atoms with Gasteiger partial charge in [-0.25, -0.2) is 14.4 Å². The maximum Gasteiger partial charge on any atom is 0.277 e. The second-order valence-electron chi connectivity index (χ2n) is 5.54. The lowest BCUT2D eigenvalue weighted by molar-refractivity contribution is 0.101. The first-order valence-electron chi connectivity index (χ1n) is 7.34. The molecular weight excluding hydrogens is 329 g/mol. The molecule has 0 radical (unpaired) electrons. The van der Waals surface area contributed by atoms with Crippen molar-refractivity contribution in [3.05, 3.63) is 53.9 Å². The SMILES string of the molecule is C[C@@]1(c2cc(NC(=O)c3ncccc3F)ccn2)CCSC(N)=N1. The largest absolute Gasteiger partial charge is 0.379 e. The Morgan fingerprint density at radius 1 is 1.38 bits per heavy atom. The number of thioether (sulfide) groups is 1. The maximum absolute atomic E-state index is 13.6. The fraction of sp³-hybridized carbons (Fsp3) is 0.250. The van der Waals surface area contributed by atoms with E-state index in [0.29, 0.717) is 16.5 Å². The van der Waals surface area contributed by atoms with E-state index in [9.17, 15) is 9.18 Å². The van der Waals surface area contributed by atoms with Crippen LogP contribution in [0.15, 0.2) is 41.7 Å². The third kappa shape index (κ3) is 3.38. The molecule has 3 N–H and O–H groups in total. The quantitative estimate of drug-likeness (QED) is 0.892. The van der Waals surface area contributed by atoms with Crippen molar-refractivity contribution in [2.24, 2.45) is 10.7 Å². The van der Waals surface area contributed by atoms with Gasteiger partial charge in [0.1, 0.15) is 5.54 Å². The van der Waals surface area contributed by atoms with E-state index in [2.05, 4.69) is 20.3 Å². The number of carbonyl (C=O) groups is 1. The molecule has 124 valence electrons. The standard InChI is InChI=1S/C16H16FN5OS/c1-16(5-8-24-15(18)22-16)12-9-10(4-7-19-12)21-14(23)13-11(17)3-2-6-20-13/h2-4,6-7,9H,5,8H2,1H3,(H2,18,22)(H,19,21,23)/t16-/m0/s1. The van der Waals surface area contributed by atoms with Gasteiger partial charge in [-0.3, -0.25) is 9.78 Å². The van der Waals surface area contributed by atoms with Crippen molar-refractivity contribution in [1.82, 2.24) is 9.97 Å². The van der Waals surface area contributed by atoms with Crippen molar-refractivity contribution in [3.63, 3.8) is 0 Å². The van der Waals surface area contributed by atoms with Gasteiger partial charge in [-0.2, -0.15) is 0 Å². The first-order chi connectivity index (χ1) is 11.5. The number of aromatic nitrogens is 2. The van der Waals surface area contributed by atoms with E-state index in [1.165, 1.54) is 30.1 Å². The Morgan fingerprint density at radius 3 is 2.96 bits per heavy atom. The number of amides is 1. The van der Waals surface area contributed by atoms with Crippen LogP contribution < -0.4 is 11.1 Å². The minimum absolute atomic E-state index is 0.251. The lowest BCUT2D eigenvalue weighted by Gasteiger charge is -2.28. The topological polar surface area (TPSA) is 93.3 Å². The van der Waals surface area contributed by atoms with Crippen LogP contribution in [0.25, 0.3) is 0 Å². The number of nitrogens with zero attached hydrogens (tertiary/aromatic N) is 3. The van der Waals surface area contributed by atoms with Crippen LogP contribution in [0.5, 0.6) is 0 Å². The third-order valence-corrected chi connectivity index (χ3v) is 4.53. The van der Waals surface area contributed by atoms with E-state index in [1.54, 1.807) is 18.3 Å². The summed E-state index contributed by atoms with van der Waals surface area (Å²) in [6.45, 7) is 1.95. The number of carbonyl (C=O) groups excluding carboxylic acids is 1. The number of amidine groups is 1. The molecule has 2 aromatic rings. The molecule has 0 fully saturated rings. The second kappa shape index (κ2) is 6.56. The molecule has 3 heterocycles. The van der Waals surface area contributed by atoms with Crippen LogP contribution in [0, 0.1) is 5.82 Å². The Balaban J connectivity index is 1.85. The highest BCUT2D eigenvalue weighted by atomic mass is 32.2. The number of hydrogen-bond donors (Lipinski definition) is 2. The van der Waals surface area contributed by atoms with Gasteiger partial charge < -0.3 is 11.1 Å². The molecule has 3 rings (SSSR count). The van der Waals surface area contributed by atoms with Gasteiger partial charge in [0.05, 0.1) is 5.69 Å². The Hall–Kier alpha value is -2.48. The molecule has 0 spiro atoms. The zero-order valence-electron chi connectivity index (χ0n) is 13.0. The van der Waals surface area contributed by atoms with Crippen LogP contribution in [0.1, 0.15) is 29.5 Å². The maximum atomic E-state index is 13.6. The van der Waals surface area contributed by atoms with Crippen molar-refractivity contribution >= 4 is 28.5 Å². The molecular formula is C16H16FN5OS. The zero-order chi connectivity index (χ0) is 17.2. The highest BCUT2D eigenvalue weighted by Crippen LogP contribution is 2.34. The summed E-state index contributed by atoms with van der Waals surface area (Å²) in [5.74, 6) is -0.431. The van der Waals surface area contributed by atoms with E-state index in [0.717, 1.165) is 12.2 Å². The van der Waals surface area contributed by atoms with Crippen LogP contribution in [0.2, 0.25) is 0 Å². The number of nitrogens with one attached hydrogen (secondary N) is 1. The molecule has 0 bridgehead atoms. The first-order valence-corrected chi connectivity index (χ1v) is 8.33. The molecule has 1 aliphatic heterocycles. The molecule has 1 amide bonds.